The molecule has 0 aliphatic rings. The van der Waals surface area contributed by atoms with Gasteiger partial charge in [-0.15, -0.1) is 0 Å². The highest BCUT2D eigenvalue weighted by molar-refractivity contribution is 6.17. The fraction of sp³-hybridized carbons (Fsp3) is 0. The summed E-state index contributed by atoms with van der Waals surface area (Å²) in [5.74, 6) is 0.592. The number of nitrogens with zero attached hydrogens (tertiary/aromatic N) is 3. The molecule has 0 aliphatic heterocycles. The van der Waals surface area contributed by atoms with Gasteiger partial charge in [-0.2, -0.15) is 0 Å². The number of rotatable bonds is 5. The van der Waals surface area contributed by atoms with Gasteiger partial charge in [0.1, 0.15) is 22.3 Å². The molecule has 4 aromatic heterocycles. The van der Waals surface area contributed by atoms with Gasteiger partial charge in [0.25, 0.3) is 0 Å². The Balaban J connectivity index is 1.23. The molecule has 0 aliphatic carbocycles. The van der Waals surface area contributed by atoms with Crippen LogP contribution in [0.1, 0.15) is 0 Å². The third-order valence-electron chi connectivity index (χ3n) is 9.43. The summed E-state index contributed by atoms with van der Waals surface area (Å²) in [7, 11) is 0. The molecule has 0 saturated heterocycles. The maximum absolute atomic E-state index is 6.72. The van der Waals surface area contributed by atoms with Crippen molar-refractivity contribution in [3.05, 3.63) is 164 Å². The van der Waals surface area contributed by atoms with Gasteiger partial charge in [-0.1, -0.05) is 109 Å². The second-order valence-corrected chi connectivity index (χ2v) is 12.4. The van der Waals surface area contributed by atoms with E-state index in [-0.39, 0.29) is 0 Å². The number of aromatic nitrogens is 3. The monoisotopic (exact) mass is 641 g/mol. The molecule has 0 atom stereocenters. The zero-order valence-corrected chi connectivity index (χ0v) is 26.7. The van der Waals surface area contributed by atoms with E-state index in [4.69, 9.17) is 18.8 Å². The van der Waals surface area contributed by atoms with Gasteiger partial charge < -0.3 is 8.83 Å². The summed E-state index contributed by atoms with van der Waals surface area (Å²) in [5.41, 5.74) is 12.0. The summed E-state index contributed by atoms with van der Waals surface area (Å²) in [6, 6.07) is 51.7. The van der Waals surface area contributed by atoms with Gasteiger partial charge in [-0.05, 0) is 59.2 Å². The number of furan rings is 2. The first-order valence-corrected chi connectivity index (χ1v) is 16.6. The highest BCUT2D eigenvalue weighted by atomic mass is 16.3. The largest absolute Gasteiger partial charge is 0.456 e. The first-order chi connectivity index (χ1) is 24.8. The van der Waals surface area contributed by atoms with E-state index in [9.17, 15) is 0 Å². The molecular weight excluding hydrogens is 615 g/mol. The molecule has 10 rings (SSSR count). The van der Waals surface area contributed by atoms with E-state index < -0.39 is 0 Å². The Kier molecular flexibility index (Phi) is 6.42. The third kappa shape index (κ3) is 4.60. The molecule has 4 heterocycles. The van der Waals surface area contributed by atoms with Crippen molar-refractivity contribution in [2.24, 2.45) is 0 Å². The lowest BCUT2D eigenvalue weighted by molar-refractivity contribution is 0.669. The molecule has 0 unspecified atom stereocenters. The lowest BCUT2D eigenvalue weighted by Crippen LogP contribution is -1.97. The number of hydrogen-bond donors (Lipinski definition) is 0. The number of pyridine rings is 1. The minimum atomic E-state index is 0.592. The lowest BCUT2D eigenvalue weighted by Gasteiger charge is -2.13. The molecule has 234 valence electrons. The van der Waals surface area contributed by atoms with Crippen LogP contribution in [0.15, 0.2) is 173 Å². The van der Waals surface area contributed by atoms with Crippen LogP contribution in [0.25, 0.3) is 100 Å². The summed E-state index contributed by atoms with van der Waals surface area (Å²) >= 11 is 0. The third-order valence-corrected chi connectivity index (χ3v) is 9.43. The van der Waals surface area contributed by atoms with Crippen LogP contribution in [-0.2, 0) is 0 Å². The van der Waals surface area contributed by atoms with Crippen LogP contribution in [0.4, 0.5) is 0 Å². The van der Waals surface area contributed by atoms with E-state index in [2.05, 4.69) is 89.9 Å². The highest BCUT2D eigenvalue weighted by Crippen LogP contribution is 2.43. The van der Waals surface area contributed by atoms with Crippen LogP contribution in [0, 0.1) is 0 Å². The number of hydrogen-bond acceptors (Lipinski definition) is 5. The van der Waals surface area contributed by atoms with Crippen molar-refractivity contribution in [3.63, 3.8) is 0 Å². The molecule has 50 heavy (non-hydrogen) atoms. The molecule has 0 N–H and O–H groups in total. The number of benzene rings is 6. The Morgan fingerprint density at radius 1 is 0.400 bits per heavy atom. The highest BCUT2D eigenvalue weighted by Gasteiger charge is 2.21. The van der Waals surface area contributed by atoms with Crippen molar-refractivity contribution in [2.75, 3.05) is 0 Å². The van der Waals surface area contributed by atoms with Crippen LogP contribution in [0.5, 0.6) is 0 Å². The van der Waals surface area contributed by atoms with Gasteiger partial charge >= 0.3 is 0 Å². The average molecular weight is 642 g/mol. The van der Waals surface area contributed by atoms with E-state index in [0.29, 0.717) is 5.82 Å². The standard InChI is InChI=1S/C45H27N3O2/c1-2-11-28(12-3-1)38-26-39(33-15-5-4-14-31(33)30-13-10-24-46-27-30)48-45(47-38)36-22-21-32(43-35-17-7-9-19-41(35)50-44(36)43)29-20-23-42-37(25-29)34-16-6-8-18-40(34)49-42/h1-27H. The molecular formula is C45H27N3O2. The molecule has 0 amide bonds. The molecule has 10 aromatic rings. The lowest BCUT2D eigenvalue weighted by atomic mass is 9.95. The summed E-state index contributed by atoms with van der Waals surface area (Å²) in [5, 5.41) is 4.24. The Bertz CT molecular complexity index is 2870. The van der Waals surface area contributed by atoms with Crippen molar-refractivity contribution in [3.8, 4) is 56.2 Å². The molecule has 0 radical (unpaired) electrons. The average Bonchev–Trinajstić information content (AvgIpc) is 3.77. The molecule has 5 heteroatoms. The Hall–Kier alpha value is -6.85. The molecule has 0 saturated carbocycles. The number of para-hydroxylation sites is 2. The van der Waals surface area contributed by atoms with Gasteiger partial charge in [-0.25, -0.2) is 9.97 Å². The van der Waals surface area contributed by atoms with Gasteiger partial charge in [0.05, 0.1) is 17.0 Å². The molecule has 0 fully saturated rings. The maximum atomic E-state index is 6.72. The first-order valence-electron chi connectivity index (χ1n) is 16.6. The topological polar surface area (TPSA) is 65.0 Å². The van der Waals surface area contributed by atoms with E-state index in [0.717, 1.165) is 94.2 Å². The molecule has 6 aromatic carbocycles. The second kappa shape index (κ2) is 11.4. The van der Waals surface area contributed by atoms with Crippen LogP contribution < -0.4 is 0 Å². The fourth-order valence-corrected chi connectivity index (χ4v) is 7.08. The van der Waals surface area contributed by atoms with Crippen LogP contribution in [0.3, 0.4) is 0 Å². The minimum absolute atomic E-state index is 0.592. The summed E-state index contributed by atoms with van der Waals surface area (Å²) in [4.78, 5) is 14.9. The van der Waals surface area contributed by atoms with Crippen LogP contribution >= 0.6 is 0 Å². The van der Waals surface area contributed by atoms with Crippen molar-refractivity contribution in [1.82, 2.24) is 15.0 Å². The van der Waals surface area contributed by atoms with E-state index >= 15 is 0 Å². The smallest absolute Gasteiger partial charge is 0.164 e. The van der Waals surface area contributed by atoms with Gasteiger partial charge in [0.15, 0.2) is 5.82 Å². The zero-order valence-electron chi connectivity index (χ0n) is 26.7. The Morgan fingerprint density at radius 3 is 1.92 bits per heavy atom. The predicted octanol–water partition coefficient (Wildman–Crippen LogP) is 12.0. The van der Waals surface area contributed by atoms with Crippen molar-refractivity contribution in [1.29, 1.82) is 0 Å². The number of fused-ring (bicyclic) bond motifs is 6. The van der Waals surface area contributed by atoms with Crippen molar-refractivity contribution < 1.29 is 8.83 Å². The van der Waals surface area contributed by atoms with Gasteiger partial charge in [0, 0.05) is 50.6 Å². The Labute approximate surface area is 287 Å². The van der Waals surface area contributed by atoms with E-state index in [1.54, 1.807) is 6.20 Å². The first kappa shape index (κ1) is 28.2. The SMILES string of the molecule is c1ccc(-c2cc(-c3ccccc3-c3cccnc3)nc(-c3ccc(-c4ccc5oc6ccccc6c5c4)c4c3oc3ccccc34)n2)cc1. The minimum Gasteiger partial charge on any atom is -0.456 e. The summed E-state index contributed by atoms with van der Waals surface area (Å²) in [6.45, 7) is 0. The molecule has 0 bridgehead atoms. The molecule has 5 nitrogen and oxygen atoms in total. The van der Waals surface area contributed by atoms with Gasteiger partial charge in [0.2, 0.25) is 0 Å². The predicted molar refractivity (Wildman–Crippen MR) is 202 cm³/mol. The van der Waals surface area contributed by atoms with Crippen LogP contribution in [0.2, 0.25) is 0 Å². The van der Waals surface area contributed by atoms with Crippen molar-refractivity contribution in [2.45, 2.75) is 0 Å². The summed E-state index contributed by atoms with van der Waals surface area (Å²) < 4.78 is 12.9. The van der Waals surface area contributed by atoms with Crippen molar-refractivity contribution >= 4 is 43.9 Å². The van der Waals surface area contributed by atoms with E-state index in [1.165, 1.54) is 0 Å². The van der Waals surface area contributed by atoms with Crippen LogP contribution in [-0.4, -0.2) is 15.0 Å². The quantitative estimate of drug-likeness (QED) is 0.187. The Morgan fingerprint density at radius 2 is 1.08 bits per heavy atom. The van der Waals surface area contributed by atoms with E-state index in [1.807, 2.05) is 72.9 Å². The fourth-order valence-electron chi connectivity index (χ4n) is 7.08. The maximum Gasteiger partial charge on any atom is 0.164 e. The zero-order chi connectivity index (χ0) is 33.0. The normalized spacial score (nSPS) is 11.6. The molecule has 0 spiro atoms. The summed E-state index contributed by atoms with van der Waals surface area (Å²) in [6.07, 6.45) is 3.68. The van der Waals surface area contributed by atoms with Gasteiger partial charge in [-0.3, -0.25) is 4.98 Å². The second-order valence-electron chi connectivity index (χ2n) is 12.4.